The summed E-state index contributed by atoms with van der Waals surface area (Å²) in [5.74, 6) is -3.71. The average Bonchev–Trinajstić information content (AvgIpc) is 3.31. The number of alkyl halides is 3. The number of fused-ring (bicyclic) bond motifs is 1. The van der Waals surface area contributed by atoms with Crippen LogP contribution < -0.4 is 15.4 Å². The lowest BCUT2D eigenvalue weighted by Crippen LogP contribution is -2.29. The van der Waals surface area contributed by atoms with Crippen LogP contribution in [0.5, 0.6) is 5.75 Å². The van der Waals surface area contributed by atoms with E-state index >= 15 is 0 Å². The molecule has 0 spiro atoms. The Morgan fingerprint density at radius 3 is 2.49 bits per heavy atom. The first-order valence-corrected chi connectivity index (χ1v) is 11.2. The van der Waals surface area contributed by atoms with Gasteiger partial charge in [-0.3, -0.25) is 9.59 Å². The van der Waals surface area contributed by atoms with Gasteiger partial charge < -0.3 is 19.8 Å². The normalized spacial score (nSPS) is 12.3. The first-order chi connectivity index (χ1) is 18.4. The van der Waals surface area contributed by atoms with E-state index in [0.717, 1.165) is 24.3 Å². The summed E-state index contributed by atoms with van der Waals surface area (Å²) in [6, 6.07) is 6.62. The molecule has 0 unspecified atom stereocenters. The highest BCUT2D eigenvalue weighted by Gasteiger charge is 2.33. The molecule has 2 amide bonds. The van der Waals surface area contributed by atoms with Crippen LogP contribution in [-0.4, -0.2) is 36.6 Å². The molecule has 14 heteroatoms. The monoisotopic (exact) mass is 544 g/mol. The fraction of sp³-hybridized carbons (Fsp3) is 0.200. The van der Waals surface area contributed by atoms with Gasteiger partial charge in [-0.1, -0.05) is 6.07 Å². The molecule has 0 fully saturated rings. The maximum absolute atomic E-state index is 14.0. The predicted octanol–water partition coefficient (Wildman–Crippen LogP) is 5.06. The molecule has 4 rings (SSSR count). The highest BCUT2D eigenvalue weighted by Crippen LogP contribution is 2.37. The number of oxazole rings is 1. The third kappa shape index (κ3) is 5.84. The van der Waals surface area contributed by atoms with Gasteiger partial charge in [0.05, 0.1) is 13.2 Å². The van der Waals surface area contributed by atoms with Crippen molar-refractivity contribution in [3.05, 3.63) is 76.8 Å². The second kappa shape index (κ2) is 10.7. The van der Waals surface area contributed by atoms with Crippen LogP contribution in [0.1, 0.15) is 40.5 Å². The van der Waals surface area contributed by atoms with Gasteiger partial charge in [0, 0.05) is 29.1 Å². The van der Waals surface area contributed by atoms with Crippen molar-refractivity contribution in [2.24, 2.45) is 0 Å². The molecule has 2 aromatic heterocycles. The number of nitrogens with one attached hydrogen (secondary N) is 2. The Hall–Kier alpha value is -4.49. The van der Waals surface area contributed by atoms with E-state index in [-0.39, 0.29) is 51.7 Å². The van der Waals surface area contributed by atoms with Gasteiger partial charge in [-0.25, -0.2) is 18.7 Å². The average molecular weight is 544 g/mol. The van der Waals surface area contributed by atoms with Crippen LogP contribution in [0.15, 0.2) is 46.9 Å². The Morgan fingerprint density at radius 1 is 1.10 bits per heavy atom. The fourth-order valence-electron chi connectivity index (χ4n) is 3.81. The minimum Gasteiger partial charge on any atom is -0.494 e. The molecular formula is C25H18BF5N4O4. The van der Waals surface area contributed by atoms with Gasteiger partial charge in [-0.05, 0) is 37.3 Å². The van der Waals surface area contributed by atoms with Crippen molar-refractivity contribution >= 4 is 30.5 Å². The van der Waals surface area contributed by atoms with E-state index in [9.17, 15) is 31.5 Å². The predicted molar refractivity (Wildman–Crippen MR) is 129 cm³/mol. The van der Waals surface area contributed by atoms with Gasteiger partial charge in [0.1, 0.15) is 28.6 Å². The molecule has 0 aliphatic carbocycles. The molecule has 39 heavy (non-hydrogen) atoms. The van der Waals surface area contributed by atoms with Crippen LogP contribution >= 0.6 is 0 Å². The minimum absolute atomic E-state index is 0.00832. The van der Waals surface area contributed by atoms with E-state index in [1.54, 1.807) is 0 Å². The standard InChI is InChI=1S/C25H18BF5N4O4/c1-11(33-24(26)37)21-20(22(36)32-10-12-3-4-13(27)9-16(12)28)35-23(39-21)15-5-7-17(38-2)19-14(15)6-8-18(34-19)25(29,30)31/h3-9,11H,10H2,1-2H3,(H,32,36)(H,33,37)/t11-/m0/s1. The summed E-state index contributed by atoms with van der Waals surface area (Å²) in [5, 5.41) is 4.97. The molecule has 8 nitrogen and oxygen atoms in total. The highest BCUT2D eigenvalue weighted by molar-refractivity contribution is 6.57. The van der Waals surface area contributed by atoms with Crippen molar-refractivity contribution in [2.45, 2.75) is 25.7 Å². The number of methoxy groups -OCH3 is 1. The molecule has 2 radical (unpaired) electrons. The van der Waals surface area contributed by atoms with Crippen LogP contribution in [0, 0.1) is 11.6 Å². The summed E-state index contributed by atoms with van der Waals surface area (Å²) in [4.78, 5) is 32.4. The van der Waals surface area contributed by atoms with Crippen molar-refractivity contribution in [3.63, 3.8) is 0 Å². The quantitative estimate of drug-likeness (QED) is 0.249. The lowest BCUT2D eigenvalue weighted by Gasteiger charge is -2.12. The lowest BCUT2D eigenvalue weighted by atomic mass is 10.1. The van der Waals surface area contributed by atoms with Gasteiger partial charge in [0.15, 0.2) is 17.3 Å². The minimum atomic E-state index is -4.71. The zero-order valence-electron chi connectivity index (χ0n) is 20.3. The molecule has 4 aromatic rings. The Bertz CT molecular complexity index is 1570. The van der Waals surface area contributed by atoms with Gasteiger partial charge in [0.2, 0.25) is 13.7 Å². The molecule has 2 aromatic carbocycles. The number of ether oxygens (including phenoxy) is 1. The van der Waals surface area contributed by atoms with E-state index in [0.29, 0.717) is 6.07 Å². The molecule has 2 N–H and O–H groups in total. The number of carbonyl (C=O) groups is 2. The van der Waals surface area contributed by atoms with Crippen molar-refractivity contribution in [1.82, 2.24) is 20.6 Å². The maximum atomic E-state index is 14.0. The lowest BCUT2D eigenvalue weighted by molar-refractivity contribution is -0.140. The van der Waals surface area contributed by atoms with Gasteiger partial charge >= 0.3 is 6.18 Å². The Balaban J connectivity index is 1.78. The van der Waals surface area contributed by atoms with Crippen LogP contribution in [0.4, 0.5) is 26.7 Å². The number of halogens is 5. The maximum Gasteiger partial charge on any atom is 0.433 e. The number of carbonyl (C=O) groups excluding carboxylic acids is 2. The number of amides is 2. The zero-order chi connectivity index (χ0) is 28.5. The van der Waals surface area contributed by atoms with Crippen molar-refractivity contribution < 1.29 is 40.7 Å². The van der Waals surface area contributed by atoms with Crippen molar-refractivity contribution in [1.29, 1.82) is 0 Å². The van der Waals surface area contributed by atoms with E-state index in [1.807, 2.05) is 0 Å². The fourth-order valence-corrected chi connectivity index (χ4v) is 3.81. The van der Waals surface area contributed by atoms with Gasteiger partial charge in [-0.2, -0.15) is 13.2 Å². The second-order valence-electron chi connectivity index (χ2n) is 8.29. The molecular weight excluding hydrogens is 526 g/mol. The molecule has 0 saturated heterocycles. The number of benzene rings is 2. The zero-order valence-corrected chi connectivity index (χ0v) is 20.3. The largest absolute Gasteiger partial charge is 0.494 e. The summed E-state index contributed by atoms with van der Waals surface area (Å²) in [6.07, 6.45) is -4.71. The molecule has 0 aliphatic heterocycles. The SMILES string of the molecule is [B]C(=O)N[C@@H](C)c1oc(-c2ccc(OC)c3nc(C(F)(F)F)ccc23)nc1C(=O)NCc1ccc(F)cc1F. The van der Waals surface area contributed by atoms with Gasteiger partial charge in [-0.15, -0.1) is 0 Å². The van der Waals surface area contributed by atoms with Crippen LogP contribution in [-0.2, 0) is 12.7 Å². The highest BCUT2D eigenvalue weighted by atomic mass is 19.4. The number of nitrogens with zero attached hydrogens (tertiary/aromatic N) is 2. The second-order valence-corrected chi connectivity index (χ2v) is 8.29. The Labute approximate surface area is 219 Å². The van der Waals surface area contributed by atoms with Gasteiger partial charge in [0.25, 0.3) is 5.91 Å². The number of rotatable bonds is 7. The molecule has 1 atom stereocenters. The summed E-state index contributed by atoms with van der Waals surface area (Å²) < 4.78 is 78.0. The molecule has 0 saturated carbocycles. The van der Waals surface area contributed by atoms with Crippen LogP contribution in [0.3, 0.4) is 0 Å². The Morgan fingerprint density at radius 2 is 1.85 bits per heavy atom. The first kappa shape index (κ1) is 27.5. The van der Waals surface area contributed by atoms with Crippen LogP contribution in [0.2, 0.25) is 0 Å². The molecule has 0 aliphatic rings. The van der Waals surface area contributed by atoms with Crippen LogP contribution in [0.25, 0.3) is 22.4 Å². The van der Waals surface area contributed by atoms with E-state index in [2.05, 4.69) is 20.6 Å². The number of pyridine rings is 1. The summed E-state index contributed by atoms with van der Waals surface area (Å²) in [7, 11) is 6.46. The third-order valence-corrected chi connectivity index (χ3v) is 5.64. The van der Waals surface area contributed by atoms with Crippen molar-refractivity contribution in [2.75, 3.05) is 7.11 Å². The summed E-state index contributed by atoms with van der Waals surface area (Å²) in [5.41, 5.74) is -1.43. The number of aromatic nitrogens is 2. The molecule has 2 heterocycles. The van der Waals surface area contributed by atoms with E-state index < -0.39 is 41.3 Å². The van der Waals surface area contributed by atoms with Crippen molar-refractivity contribution in [3.8, 4) is 17.2 Å². The summed E-state index contributed by atoms with van der Waals surface area (Å²) >= 11 is 0. The molecule has 0 bridgehead atoms. The topological polar surface area (TPSA) is 106 Å². The number of hydrogen-bond donors (Lipinski definition) is 2. The number of hydrogen-bond acceptors (Lipinski definition) is 6. The smallest absolute Gasteiger partial charge is 0.433 e. The molecule has 200 valence electrons. The Kier molecular flexibility index (Phi) is 7.57. The van der Waals surface area contributed by atoms with E-state index in [1.165, 1.54) is 26.2 Å². The summed E-state index contributed by atoms with van der Waals surface area (Å²) in [6.45, 7) is 1.12. The third-order valence-electron chi connectivity index (χ3n) is 5.64. The van der Waals surface area contributed by atoms with E-state index in [4.69, 9.17) is 17.0 Å². The first-order valence-electron chi connectivity index (χ1n) is 11.2.